The van der Waals surface area contributed by atoms with Crippen molar-refractivity contribution in [1.29, 1.82) is 0 Å². The number of rotatable bonds is 7. The summed E-state index contributed by atoms with van der Waals surface area (Å²) >= 11 is 1.30. The first-order valence-corrected chi connectivity index (χ1v) is 9.67. The number of benzene rings is 2. The van der Waals surface area contributed by atoms with Gasteiger partial charge < -0.3 is 9.67 Å². The van der Waals surface area contributed by atoms with Crippen molar-refractivity contribution in [3.05, 3.63) is 77.2 Å². The Labute approximate surface area is 162 Å². The molecule has 0 amide bonds. The fraction of sp³-hybridized carbons (Fsp3) is 0.286. The Morgan fingerprint density at radius 1 is 1.07 bits per heavy atom. The van der Waals surface area contributed by atoms with E-state index in [9.17, 15) is 13.9 Å². The van der Waals surface area contributed by atoms with Crippen molar-refractivity contribution in [3.8, 4) is 0 Å². The van der Waals surface area contributed by atoms with E-state index in [1.54, 1.807) is 0 Å². The monoisotopic (exact) mass is 388 g/mol. The second-order valence-electron chi connectivity index (χ2n) is 6.63. The van der Waals surface area contributed by atoms with Gasteiger partial charge in [0.25, 0.3) is 0 Å². The molecule has 0 aliphatic heterocycles. The van der Waals surface area contributed by atoms with Crippen LogP contribution >= 0.6 is 11.8 Å². The van der Waals surface area contributed by atoms with Crippen LogP contribution in [0.4, 0.5) is 8.78 Å². The van der Waals surface area contributed by atoms with Gasteiger partial charge >= 0.3 is 0 Å². The predicted octanol–water partition coefficient (Wildman–Crippen LogP) is 5.02. The molecule has 0 atom stereocenters. The van der Waals surface area contributed by atoms with E-state index in [0.717, 1.165) is 28.2 Å². The summed E-state index contributed by atoms with van der Waals surface area (Å²) < 4.78 is 29.3. The summed E-state index contributed by atoms with van der Waals surface area (Å²) in [6, 6.07) is 13.4. The Bertz CT molecular complexity index is 890. The molecule has 1 aromatic heterocycles. The molecule has 0 saturated carbocycles. The Morgan fingerprint density at radius 3 is 2.33 bits per heavy atom. The van der Waals surface area contributed by atoms with Crippen molar-refractivity contribution >= 4 is 11.8 Å². The molecule has 6 heteroatoms. The van der Waals surface area contributed by atoms with Crippen LogP contribution in [0.3, 0.4) is 0 Å². The number of aliphatic hydroxyl groups excluding tert-OH is 1. The van der Waals surface area contributed by atoms with Crippen LogP contribution in [0.25, 0.3) is 0 Å². The van der Waals surface area contributed by atoms with Gasteiger partial charge in [0.15, 0.2) is 0 Å². The van der Waals surface area contributed by atoms with Crippen LogP contribution in [-0.4, -0.2) is 21.3 Å². The zero-order chi connectivity index (χ0) is 19.4. The summed E-state index contributed by atoms with van der Waals surface area (Å²) in [5.41, 5.74) is 1.96. The number of nitrogens with zero attached hydrogens (tertiary/aromatic N) is 2. The third kappa shape index (κ3) is 4.76. The second-order valence-corrected chi connectivity index (χ2v) is 7.69. The van der Waals surface area contributed by atoms with Crippen molar-refractivity contribution in [2.75, 3.05) is 6.61 Å². The highest BCUT2D eigenvalue weighted by molar-refractivity contribution is 7.99. The third-order valence-corrected chi connectivity index (χ3v) is 5.24. The van der Waals surface area contributed by atoms with E-state index >= 15 is 0 Å². The fourth-order valence-corrected chi connectivity index (χ4v) is 4.14. The van der Waals surface area contributed by atoms with Crippen LogP contribution in [-0.2, 0) is 13.0 Å². The lowest BCUT2D eigenvalue weighted by Crippen LogP contribution is -2.08. The number of halogens is 2. The third-order valence-electron chi connectivity index (χ3n) is 4.14. The summed E-state index contributed by atoms with van der Waals surface area (Å²) in [7, 11) is 0. The van der Waals surface area contributed by atoms with Gasteiger partial charge in [-0.15, -0.1) is 0 Å². The Hall–Kier alpha value is -2.18. The van der Waals surface area contributed by atoms with Gasteiger partial charge in [0.05, 0.1) is 12.3 Å². The molecule has 27 heavy (non-hydrogen) atoms. The van der Waals surface area contributed by atoms with Crippen molar-refractivity contribution in [1.82, 2.24) is 9.55 Å². The second kappa shape index (κ2) is 8.67. The summed E-state index contributed by atoms with van der Waals surface area (Å²) in [5, 5.41) is 10.3. The Balaban J connectivity index is 2.08. The maximum atomic E-state index is 13.7. The first-order chi connectivity index (χ1) is 13.0. The summed E-state index contributed by atoms with van der Waals surface area (Å²) in [6.07, 6.45) is 0.421. The van der Waals surface area contributed by atoms with Gasteiger partial charge in [-0.1, -0.05) is 55.9 Å². The van der Waals surface area contributed by atoms with Crippen molar-refractivity contribution < 1.29 is 13.9 Å². The molecular weight excluding hydrogens is 366 g/mol. The number of hydrogen-bond donors (Lipinski definition) is 1. The summed E-state index contributed by atoms with van der Waals surface area (Å²) in [5.74, 6) is -0.300. The minimum atomic E-state index is -0.603. The molecular formula is C21H22F2N2OS. The first kappa shape index (κ1) is 19.6. The molecule has 2 aromatic carbocycles. The molecule has 0 fully saturated rings. The molecule has 0 bridgehead atoms. The molecule has 1 heterocycles. The van der Waals surface area contributed by atoms with Crippen LogP contribution in [0.15, 0.2) is 58.5 Å². The molecule has 0 saturated heterocycles. The highest BCUT2D eigenvalue weighted by Gasteiger charge is 2.21. The van der Waals surface area contributed by atoms with Crippen LogP contribution in [0.1, 0.15) is 36.8 Å². The highest BCUT2D eigenvalue weighted by Crippen LogP contribution is 2.36. The van der Waals surface area contributed by atoms with E-state index < -0.39 is 11.6 Å². The molecule has 3 nitrogen and oxygen atoms in total. The lowest BCUT2D eigenvalue weighted by Gasteiger charge is -2.13. The maximum absolute atomic E-state index is 13.7. The molecule has 1 N–H and O–H groups in total. The minimum absolute atomic E-state index is 0.0119. The summed E-state index contributed by atoms with van der Waals surface area (Å²) in [6.45, 7) is 4.64. The number of hydrogen-bond acceptors (Lipinski definition) is 3. The number of aromatic nitrogens is 2. The van der Waals surface area contributed by atoms with Crippen LogP contribution in [0.2, 0.25) is 0 Å². The predicted molar refractivity (Wildman–Crippen MR) is 103 cm³/mol. The molecule has 0 unspecified atom stereocenters. The van der Waals surface area contributed by atoms with Crippen LogP contribution in [0.5, 0.6) is 0 Å². The van der Waals surface area contributed by atoms with Crippen LogP contribution < -0.4 is 0 Å². The SMILES string of the molecule is CC(C)c1nc(CCO)n(Cc2ccccc2)c1Sc1cc(F)cc(F)c1. The molecule has 0 aliphatic carbocycles. The molecule has 142 valence electrons. The van der Waals surface area contributed by atoms with Crippen molar-refractivity contribution in [2.24, 2.45) is 0 Å². The van der Waals surface area contributed by atoms with Gasteiger partial charge in [-0.2, -0.15) is 0 Å². The van der Waals surface area contributed by atoms with Gasteiger partial charge in [0.1, 0.15) is 22.5 Å². The zero-order valence-corrected chi connectivity index (χ0v) is 16.1. The number of imidazole rings is 1. The molecule has 0 radical (unpaired) electrons. The van der Waals surface area contributed by atoms with Crippen molar-refractivity contribution in [2.45, 2.75) is 42.7 Å². The van der Waals surface area contributed by atoms with E-state index in [1.807, 2.05) is 48.7 Å². The van der Waals surface area contributed by atoms with Gasteiger partial charge in [0, 0.05) is 23.9 Å². The standard InChI is InChI=1S/C21H22F2N2OS/c1-14(2)20-21(27-18-11-16(22)10-17(23)12-18)25(19(24-20)8-9-26)13-15-6-4-3-5-7-15/h3-7,10-12,14,26H,8-9,13H2,1-2H3. The minimum Gasteiger partial charge on any atom is -0.396 e. The fourth-order valence-electron chi connectivity index (χ4n) is 2.91. The Morgan fingerprint density at radius 2 is 1.74 bits per heavy atom. The van der Waals surface area contributed by atoms with E-state index in [2.05, 4.69) is 0 Å². The molecule has 0 aliphatic rings. The molecule has 3 aromatic rings. The van der Waals surface area contributed by atoms with Crippen molar-refractivity contribution in [3.63, 3.8) is 0 Å². The average molecular weight is 388 g/mol. The van der Waals surface area contributed by atoms with Gasteiger partial charge in [-0.05, 0) is 23.6 Å². The largest absolute Gasteiger partial charge is 0.396 e. The lowest BCUT2D eigenvalue weighted by molar-refractivity contribution is 0.294. The van der Waals surface area contributed by atoms with E-state index in [1.165, 1.54) is 23.9 Å². The van der Waals surface area contributed by atoms with E-state index in [4.69, 9.17) is 4.98 Å². The normalized spacial score (nSPS) is 11.3. The van der Waals surface area contributed by atoms with E-state index in [0.29, 0.717) is 17.9 Å². The van der Waals surface area contributed by atoms with Gasteiger partial charge in [-0.3, -0.25) is 0 Å². The zero-order valence-electron chi connectivity index (χ0n) is 15.3. The van der Waals surface area contributed by atoms with Crippen LogP contribution in [0, 0.1) is 11.6 Å². The highest BCUT2D eigenvalue weighted by atomic mass is 32.2. The van der Waals surface area contributed by atoms with Gasteiger partial charge in [0.2, 0.25) is 0 Å². The smallest absolute Gasteiger partial charge is 0.127 e. The molecule has 3 rings (SSSR count). The average Bonchev–Trinajstić information content (AvgIpc) is 2.93. The van der Waals surface area contributed by atoms with E-state index in [-0.39, 0.29) is 12.5 Å². The van der Waals surface area contributed by atoms with Gasteiger partial charge in [-0.25, -0.2) is 13.8 Å². The number of aliphatic hydroxyl groups is 1. The quantitative estimate of drug-likeness (QED) is 0.618. The topological polar surface area (TPSA) is 38.1 Å². The lowest BCUT2D eigenvalue weighted by atomic mass is 10.1. The maximum Gasteiger partial charge on any atom is 0.127 e. The molecule has 0 spiro atoms. The Kier molecular flexibility index (Phi) is 6.29. The summed E-state index contributed by atoms with van der Waals surface area (Å²) in [4.78, 5) is 5.22. The first-order valence-electron chi connectivity index (χ1n) is 8.86.